The van der Waals surface area contributed by atoms with Gasteiger partial charge in [-0.25, -0.2) is 8.78 Å². The second kappa shape index (κ2) is 4.86. The van der Waals surface area contributed by atoms with Gasteiger partial charge in [0.15, 0.2) is 0 Å². The fourth-order valence-corrected chi connectivity index (χ4v) is 1.92. The van der Waals surface area contributed by atoms with Gasteiger partial charge in [0.25, 0.3) is 0 Å². The molecule has 0 fully saturated rings. The quantitative estimate of drug-likeness (QED) is 0.882. The summed E-state index contributed by atoms with van der Waals surface area (Å²) in [6.07, 6.45) is 0.144. The van der Waals surface area contributed by atoms with Crippen LogP contribution in [0.4, 0.5) is 8.78 Å². The Morgan fingerprint density at radius 3 is 2.22 bits per heavy atom. The van der Waals surface area contributed by atoms with Crippen LogP contribution in [0.15, 0.2) is 48.5 Å². The van der Waals surface area contributed by atoms with Gasteiger partial charge in [0.05, 0.1) is 5.60 Å². The summed E-state index contributed by atoms with van der Waals surface area (Å²) >= 11 is 0. The maximum absolute atomic E-state index is 13.5. The number of benzene rings is 2. The Morgan fingerprint density at radius 2 is 1.61 bits per heavy atom. The minimum Gasteiger partial charge on any atom is -0.385 e. The standard InChI is InChI=1S/C15H14F2O/c1-15(18,12-6-8-13(16)9-7-12)10-11-4-2-3-5-14(11)17/h2-9,18H,10H2,1H3. The van der Waals surface area contributed by atoms with Gasteiger partial charge in [-0.3, -0.25) is 0 Å². The summed E-state index contributed by atoms with van der Waals surface area (Å²) < 4.78 is 26.4. The van der Waals surface area contributed by atoms with Crippen molar-refractivity contribution in [2.45, 2.75) is 18.9 Å². The van der Waals surface area contributed by atoms with Gasteiger partial charge >= 0.3 is 0 Å². The fourth-order valence-electron chi connectivity index (χ4n) is 1.92. The first-order valence-corrected chi connectivity index (χ1v) is 5.71. The zero-order chi connectivity index (χ0) is 13.2. The second-order valence-corrected chi connectivity index (χ2v) is 4.55. The van der Waals surface area contributed by atoms with Crippen LogP contribution in [0.2, 0.25) is 0 Å². The number of aliphatic hydroxyl groups is 1. The average Bonchev–Trinajstić information content (AvgIpc) is 2.32. The topological polar surface area (TPSA) is 20.2 Å². The van der Waals surface area contributed by atoms with Gasteiger partial charge < -0.3 is 5.11 Å². The van der Waals surface area contributed by atoms with Crippen molar-refractivity contribution in [2.75, 3.05) is 0 Å². The zero-order valence-electron chi connectivity index (χ0n) is 10.0. The SMILES string of the molecule is CC(O)(Cc1ccccc1F)c1ccc(F)cc1. The maximum Gasteiger partial charge on any atom is 0.126 e. The van der Waals surface area contributed by atoms with Crippen LogP contribution in [-0.2, 0) is 12.0 Å². The normalized spacial score (nSPS) is 14.2. The Balaban J connectivity index is 2.27. The number of halogens is 2. The van der Waals surface area contributed by atoms with Crippen molar-refractivity contribution < 1.29 is 13.9 Å². The van der Waals surface area contributed by atoms with Crippen LogP contribution in [0.1, 0.15) is 18.1 Å². The molecule has 0 bridgehead atoms. The Bertz CT molecular complexity index is 532. The first kappa shape index (κ1) is 12.7. The van der Waals surface area contributed by atoms with Gasteiger partial charge in [-0.1, -0.05) is 30.3 Å². The minimum atomic E-state index is -1.23. The molecular formula is C15H14F2O. The van der Waals surface area contributed by atoms with Crippen molar-refractivity contribution in [1.29, 1.82) is 0 Å². The number of rotatable bonds is 3. The Morgan fingerprint density at radius 1 is 1.00 bits per heavy atom. The predicted molar refractivity (Wildman–Crippen MR) is 66.1 cm³/mol. The molecule has 2 aromatic rings. The van der Waals surface area contributed by atoms with E-state index in [1.165, 1.54) is 30.3 Å². The molecule has 94 valence electrons. The number of hydrogen-bond donors (Lipinski definition) is 1. The van der Waals surface area contributed by atoms with Crippen LogP contribution in [0.5, 0.6) is 0 Å². The van der Waals surface area contributed by atoms with Gasteiger partial charge in [0.2, 0.25) is 0 Å². The molecule has 1 unspecified atom stereocenters. The van der Waals surface area contributed by atoms with E-state index in [9.17, 15) is 13.9 Å². The molecular weight excluding hydrogens is 234 g/mol. The molecule has 0 aliphatic carbocycles. The molecule has 0 saturated carbocycles. The second-order valence-electron chi connectivity index (χ2n) is 4.55. The van der Waals surface area contributed by atoms with Crippen molar-refractivity contribution in [3.05, 3.63) is 71.3 Å². The van der Waals surface area contributed by atoms with Crippen molar-refractivity contribution in [3.8, 4) is 0 Å². The van der Waals surface area contributed by atoms with E-state index in [0.29, 0.717) is 11.1 Å². The van der Waals surface area contributed by atoms with E-state index >= 15 is 0 Å². The maximum atomic E-state index is 13.5. The van der Waals surface area contributed by atoms with Crippen LogP contribution in [0.25, 0.3) is 0 Å². The highest BCUT2D eigenvalue weighted by Gasteiger charge is 2.24. The van der Waals surface area contributed by atoms with Crippen LogP contribution in [0, 0.1) is 11.6 Å². The first-order chi connectivity index (χ1) is 8.49. The monoisotopic (exact) mass is 248 g/mol. The highest BCUT2D eigenvalue weighted by molar-refractivity contribution is 5.27. The summed E-state index contributed by atoms with van der Waals surface area (Å²) in [7, 11) is 0. The third-order valence-corrected chi connectivity index (χ3v) is 2.96. The van der Waals surface area contributed by atoms with Crippen LogP contribution in [0.3, 0.4) is 0 Å². The van der Waals surface area contributed by atoms with E-state index < -0.39 is 5.60 Å². The van der Waals surface area contributed by atoms with E-state index in [0.717, 1.165) is 0 Å². The highest BCUT2D eigenvalue weighted by Crippen LogP contribution is 2.26. The van der Waals surface area contributed by atoms with Gasteiger partial charge in [-0.2, -0.15) is 0 Å². The molecule has 0 heterocycles. The molecule has 0 aromatic heterocycles. The summed E-state index contributed by atoms with van der Waals surface area (Å²) in [5, 5.41) is 10.4. The third-order valence-electron chi connectivity index (χ3n) is 2.96. The molecule has 18 heavy (non-hydrogen) atoms. The lowest BCUT2D eigenvalue weighted by molar-refractivity contribution is 0.0566. The van der Waals surface area contributed by atoms with Gasteiger partial charge in [0, 0.05) is 6.42 Å². The molecule has 1 atom stereocenters. The van der Waals surface area contributed by atoms with Crippen molar-refractivity contribution >= 4 is 0 Å². The van der Waals surface area contributed by atoms with Gasteiger partial charge in [0.1, 0.15) is 11.6 Å². The van der Waals surface area contributed by atoms with E-state index in [1.54, 1.807) is 25.1 Å². The van der Waals surface area contributed by atoms with Crippen molar-refractivity contribution in [1.82, 2.24) is 0 Å². The third kappa shape index (κ3) is 2.74. The van der Waals surface area contributed by atoms with E-state index in [2.05, 4.69) is 0 Å². The molecule has 2 rings (SSSR count). The van der Waals surface area contributed by atoms with Gasteiger partial charge in [-0.15, -0.1) is 0 Å². The summed E-state index contributed by atoms with van der Waals surface area (Å²) in [5.41, 5.74) is -0.227. The molecule has 0 saturated heterocycles. The van der Waals surface area contributed by atoms with Crippen LogP contribution < -0.4 is 0 Å². The Hall–Kier alpha value is -1.74. The van der Waals surface area contributed by atoms with Crippen LogP contribution in [-0.4, -0.2) is 5.11 Å². The van der Waals surface area contributed by atoms with Crippen LogP contribution >= 0.6 is 0 Å². The lowest BCUT2D eigenvalue weighted by Gasteiger charge is -2.24. The lowest BCUT2D eigenvalue weighted by atomic mass is 9.89. The molecule has 0 aliphatic rings. The molecule has 2 aromatic carbocycles. The molecule has 0 spiro atoms. The summed E-state index contributed by atoms with van der Waals surface area (Å²) in [6.45, 7) is 1.59. The fraction of sp³-hybridized carbons (Fsp3) is 0.200. The minimum absolute atomic E-state index is 0.144. The Kier molecular flexibility index (Phi) is 3.43. The summed E-state index contributed by atoms with van der Waals surface area (Å²) in [6, 6.07) is 11.9. The van der Waals surface area contributed by atoms with E-state index in [-0.39, 0.29) is 18.1 Å². The lowest BCUT2D eigenvalue weighted by Crippen LogP contribution is -2.24. The van der Waals surface area contributed by atoms with Crippen molar-refractivity contribution in [2.24, 2.45) is 0 Å². The molecule has 1 nitrogen and oxygen atoms in total. The molecule has 1 N–H and O–H groups in total. The first-order valence-electron chi connectivity index (χ1n) is 5.71. The number of hydrogen-bond acceptors (Lipinski definition) is 1. The zero-order valence-corrected chi connectivity index (χ0v) is 10.0. The Labute approximate surface area is 105 Å². The van der Waals surface area contributed by atoms with E-state index in [4.69, 9.17) is 0 Å². The smallest absolute Gasteiger partial charge is 0.126 e. The highest BCUT2D eigenvalue weighted by atomic mass is 19.1. The predicted octanol–water partition coefficient (Wildman–Crippen LogP) is 3.42. The van der Waals surface area contributed by atoms with E-state index in [1.807, 2.05) is 0 Å². The molecule has 3 heteroatoms. The average molecular weight is 248 g/mol. The molecule has 0 amide bonds. The summed E-state index contributed by atoms with van der Waals surface area (Å²) in [5.74, 6) is -0.708. The molecule has 0 radical (unpaired) electrons. The van der Waals surface area contributed by atoms with Gasteiger partial charge in [-0.05, 0) is 36.2 Å². The molecule has 0 aliphatic heterocycles. The largest absolute Gasteiger partial charge is 0.385 e. The van der Waals surface area contributed by atoms with Crippen molar-refractivity contribution in [3.63, 3.8) is 0 Å². The summed E-state index contributed by atoms with van der Waals surface area (Å²) in [4.78, 5) is 0.